The van der Waals surface area contributed by atoms with Crippen molar-refractivity contribution in [3.05, 3.63) is 82.7 Å². The SMILES string of the molecule is CN=C(NCc1ccccc1OC)NCc1c(C)nn(Cc2ccccc2)c1C. The summed E-state index contributed by atoms with van der Waals surface area (Å²) in [6.45, 7) is 6.24. The van der Waals surface area contributed by atoms with Gasteiger partial charge in [-0.2, -0.15) is 5.10 Å². The third-order valence-corrected chi connectivity index (χ3v) is 5.00. The molecule has 29 heavy (non-hydrogen) atoms. The Morgan fingerprint density at radius 1 is 1.00 bits per heavy atom. The van der Waals surface area contributed by atoms with Crippen LogP contribution in [0.2, 0.25) is 0 Å². The summed E-state index contributed by atoms with van der Waals surface area (Å²) in [6.07, 6.45) is 0. The van der Waals surface area contributed by atoms with Crippen molar-refractivity contribution in [2.24, 2.45) is 4.99 Å². The van der Waals surface area contributed by atoms with Crippen molar-refractivity contribution in [3.8, 4) is 5.75 Å². The minimum Gasteiger partial charge on any atom is -0.496 e. The number of nitrogens with zero attached hydrogens (tertiary/aromatic N) is 3. The lowest BCUT2D eigenvalue weighted by molar-refractivity contribution is 0.409. The summed E-state index contributed by atoms with van der Waals surface area (Å²) in [6, 6.07) is 18.4. The van der Waals surface area contributed by atoms with Crippen LogP contribution in [-0.4, -0.2) is 29.9 Å². The van der Waals surface area contributed by atoms with E-state index in [2.05, 4.69) is 58.4 Å². The van der Waals surface area contributed by atoms with Crippen LogP contribution in [0.25, 0.3) is 0 Å². The Morgan fingerprint density at radius 2 is 1.69 bits per heavy atom. The van der Waals surface area contributed by atoms with Crippen molar-refractivity contribution in [1.29, 1.82) is 0 Å². The maximum atomic E-state index is 5.41. The Bertz CT molecular complexity index is 963. The number of methoxy groups -OCH3 is 1. The second kappa shape index (κ2) is 9.78. The van der Waals surface area contributed by atoms with Gasteiger partial charge in [-0.1, -0.05) is 48.5 Å². The van der Waals surface area contributed by atoms with Crippen LogP contribution in [-0.2, 0) is 19.6 Å². The number of benzene rings is 2. The molecule has 0 spiro atoms. The molecule has 0 fully saturated rings. The highest BCUT2D eigenvalue weighted by atomic mass is 16.5. The quantitative estimate of drug-likeness (QED) is 0.478. The zero-order chi connectivity index (χ0) is 20.6. The number of aromatic nitrogens is 2. The predicted octanol–water partition coefficient (Wildman–Crippen LogP) is 3.42. The molecular weight excluding hydrogens is 362 g/mol. The van der Waals surface area contributed by atoms with E-state index in [9.17, 15) is 0 Å². The highest BCUT2D eigenvalue weighted by Gasteiger charge is 2.12. The molecule has 0 radical (unpaired) electrons. The molecule has 152 valence electrons. The van der Waals surface area contributed by atoms with Crippen molar-refractivity contribution in [2.75, 3.05) is 14.2 Å². The molecule has 0 bridgehead atoms. The average Bonchev–Trinajstić information content (AvgIpc) is 3.01. The Kier molecular flexibility index (Phi) is 6.89. The zero-order valence-corrected chi connectivity index (χ0v) is 17.6. The number of hydrogen-bond acceptors (Lipinski definition) is 3. The molecule has 0 unspecified atom stereocenters. The van der Waals surface area contributed by atoms with Gasteiger partial charge in [-0.05, 0) is 25.5 Å². The number of nitrogens with one attached hydrogen (secondary N) is 2. The van der Waals surface area contributed by atoms with Gasteiger partial charge in [0.05, 0.1) is 19.3 Å². The normalized spacial score (nSPS) is 11.4. The highest BCUT2D eigenvalue weighted by Crippen LogP contribution is 2.17. The molecule has 2 N–H and O–H groups in total. The molecular formula is C23H29N5O. The lowest BCUT2D eigenvalue weighted by Crippen LogP contribution is -2.36. The summed E-state index contributed by atoms with van der Waals surface area (Å²) < 4.78 is 7.47. The van der Waals surface area contributed by atoms with Crippen LogP contribution in [0.3, 0.4) is 0 Å². The van der Waals surface area contributed by atoms with Gasteiger partial charge < -0.3 is 15.4 Å². The minimum absolute atomic E-state index is 0.634. The first-order valence-corrected chi connectivity index (χ1v) is 9.75. The number of aliphatic imine (C=N–C) groups is 1. The average molecular weight is 392 g/mol. The van der Waals surface area contributed by atoms with Crippen molar-refractivity contribution in [1.82, 2.24) is 20.4 Å². The van der Waals surface area contributed by atoms with Crippen LogP contribution < -0.4 is 15.4 Å². The first kappa shape index (κ1) is 20.5. The second-order valence-corrected chi connectivity index (χ2v) is 6.88. The van der Waals surface area contributed by atoms with E-state index in [1.165, 1.54) is 16.8 Å². The highest BCUT2D eigenvalue weighted by molar-refractivity contribution is 5.79. The molecule has 6 heteroatoms. The van der Waals surface area contributed by atoms with Crippen LogP contribution in [0.5, 0.6) is 5.75 Å². The van der Waals surface area contributed by atoms with Gasteiger partial charge in [-0.3, -0.25) is 9.67 Å². The van der Waals surface area contributed by atoms with Gasteiger partial charge in [0.15, 0.2) is 5.96 Å². The summed E-state index contributed by atoms with van der Waals surface area (Å²) >= 11 is 0. The third-order valence-electron chi connectivity index (χ3n) is 5.00. The summed E-state index contributed by atoms with van der Waals surface area (Å²) in [5, 5.41) is 11.5. The van der Waals surface area contributed by atoms with Crippen molar-refractivity contribution < 1.29 is 4.74 Å². The molecule has 1 heterocycles. The molecule has 3 aromatic rings. The van der Waals surface area contributed by atoms with Crippen LogP contribution >= 0.6 is 0 Å². The molecule has 0 saturated heterocycles. The van der Waals surface area contributed by atoms with Crippen LogP contribution in [0.4, 0.5) is 0 Å². The van der Waals surface area contributed by atoms with E-state index < -0.39 is 0 Å². The van der Waals surface area contributed by atoms with Gasteiger partial charge in [-0.25, -0.2) is 0 Å². The van der Waals surface area contributed by atoms with E-state index in [4.69, 9.17) is 9.84 Å². The van der Waals surface area contributed by atoms with Crippen LogP contribution in [0, 0.1) is 13.8 Å². The van der Waals surface area contributed by atoms with Gasteiger partial charge in [0, 0.05) is 37.0 Å². The lowest BCUT2D eigenvalue weighted by Gasteiger charge is -2.14. The van der Waals surface area contributed by atoms with Crippen molar-refractivity contribution in [2.45, 2.75) is 33.5 Å². The summed E-state index contributed by atoms with van der Waals surface area (Å²) in [7, 11) is 3.46. The zero-order valence-electron chi connectivity index (χ0n) is 17.6. The van der Waals surface area contributed by atoms with E-state index in [0.717, 1.165) is 29.5 Å². The third kappa shape index (κ3) is 5.16. The number of aryl methyl sites for hydroxylation is 1. The molecule has 3 rings (SSSR count). The maximum Gasteiger partial charge on any atom is 0.191 e. The summed E-state index contributed by atoms with van der Waals surface area (Å²) in [5.41, 5.74) is 5.72. The molecule has 0 saturated carbocycles. The van der Waals surface area contributed by atoms with E-state index >= 15 is 0 Å². The molecule has 0 aliphatic carbocycles. The predicted molar refractivity (Wildman–Crippen MR) is 117 cm³/mol. The van der Waals surface area contributed by atoms with Crippen LogP contribution in [0.15, 0.2) is 59.6 Å². The van der Waals surface area contributed by atoms with Gasteiger partial charge in [0.25, 0.3) is 0 Å². The lowest BCUT2D eigenvalue weighted by atomic mass is 10.2. The standard InChI is InChI=1S/C23H29N5O/c1-17-21(18(2)28(27-17)16-19-10-6-5-7-11-19)15-26-23(24-3)25-14-20-12-8-9-13-22(20)29-4/h5-13H,14-16H2,1-4H3,(H2,24,25,26). The van der Waals surface area contributed by atoms with E-state index in [0.29, 0.717) is 13.1 Å². The largest absolute Gasteiger partial charge is 0.496 e. The van der Waals surface area contributed by atoms with E-state index in [1.807, 2.05) is 30.3 Å². The summed E-state index contributed by atoms with van der Waals surface area (Å²) in [5.74, 6) is 1.61. The smallest absolute Gasteiger partial charge is 0.191 e. The summed E-state index contributed by atoms with van der Waals surface area (Å²) in [4.78, 5) is 4.33. The monoisotopic (exact) mass is 391 g/mol. The number of ether oxygens (including phenoxy) is 1. The molecule has 2 aromatic carbocycles. The van der Waals surface area contributed by atoms with Crippen molar-refractivity contribution >= 4 is 5.96 Å². The maximum absolute atomic E-state index is 5.41. The van der Waals surface area contributed by atoms with E-state index in [-0.39, 0.29) is 0 Å². The van der Waals surface area contributed by atoms with Gasteiger partial charge in [0.1, 0.15) is 5.75 Å². The van der Waals surface area contributed by atoms with Crippen LogP contribution in [0.1, 0.15) is 28.1 Å². The Labute approximate surface area is 172 Å². The van der Waals surface area contributed by atoms with Gasteiger partial charge >= 0.3 is 0 Å². The van der Waals surface area contributed by atoms with Crippen molar-refractivity contribution in [3.63, 3.8) is 0 Å². The van der Waals surface area contributed by atoms with Gasteiger partial charge in [0.2, 0.25) is 0 Å². The second-order valence-electron chi connectivity index (χ2n) is 6.88. The molecule has 0 atom stereocenters. The molecule has 0 amide bonds. The fraction of sp³-hybridized carbons (Fsp3) is 0.304. The Hall–Kier alpha value is -3.28. The molecule has 1 aromatic heterocycles. The molecule has 0 aliphatic heterocycles. The fourth-order valence-electron chi connectivity index (χ4n) is 3.32. The Morgan fingerprint density at radius 3 is 2.41 bits per heavy atom. The first-order valence-electron chi connectivity index (χ1n) is 9.75. The first-order chi connectivity index (χ1) is 14.1. The number of guanidine groups is 1. The number of hydrogen-bond donors (Lipinski definition) is 2. The minimum atomic E-state index is 0.634. The topological polar surface area (TPSA) is 63.5 Å². The van der Waals surface area contributed by atoms with E-state index in [1.54, 1.807) is 14.2 Å². The molecule has 6 nitrogen and oxygen atoms in total. The molecule has 0 aliphatic rings. The van der Waals surface area contributed by atoms with Gasteiger partial charge in [-0.15, -0.1) is 0 Å². The Balaban J connectivity index is 1.62. The number of rotatable bonds is 7. The fourth-order valence-corrected chi connectivity index (χ4v) is 3.32. The number of para-hydroxylation sites is 1.